The highest BCUT2D eigenvalue weighted by atomic mass is 16.3. The summed E-state index contributed by atoms with van der Waals surface area (Å²) in [4.78, 5) is 14.0. The highest BCUT2D eigenvalue weighted by Gasteiger charge is 2.41. The molecule has 0 saturated carbocycles. The van der Waals surface area contributed by atoms with Crippen LogP contribution < -0.4 is 5.32 Å². The number of carbonyl (C=O) groups is 1. The molecule has 4 heteroatoms. The van der Waals surface area contributed by atoms with Crippen LogP contribution in [0, 0.1) is 0 Å². The number of piperidine rings is 1. The Morgan fingerprint density at radius 1 is 1.50 bits per heavy atom. The molecule has 1 amide bonds. The van der Waals surface area contributed by atoms with E-state index in [-0.39, 0.29) is 12.1 Å². The Kier molecular flexibility index (Phi) is 3.12. The number of rotatable bonds is 3. The predicted octanol–water partition coefficient (Wildman–Crippen LogP) is 2.08. The van der Waals surface area contributed by atoms with Crippen molar-refractivity contribution in [3.8, 4) is 0 Å². The van der Waals surface area contributed by atoms with Crippen molar-refractivity contribution >= 4 is 5.91 Å². The smallest absolute Gasteiger partial charge is 0.224 e. The highest BCUT2D eigenvalue weighted by Crippen LogP contribution is 2.29. The van der Waals surface area contributed by atoms with Crippen LogP contribution >= 0.6 is 0 Å². The van der Waals surface area contributed by atoms with Gasteiger partial charge in [0.05, 0.1) is 12.3 Å². The first-order chi connectivity index (χ1) is 8.75. The van der Waals surface area contributed by atoms with Crippen LogP contribution in [-0.4, -0.2) is 29.4 Å². The molecule has 98 valence electrons. The normalized spacial score (nSPS) is 29.4. The van der Waals surface area contributed by atoms with Crippen LogP contribution in [0.1, 0.15) is 44.4 Å². The molecule has 3 rings (SSSR count). The van der Waals surface area contributed by atoms with E-state index in [4.69, 9.17) is 4.42 Å². The van der Waals surface area contributed by atoms with Gasteiger partial charge in [0.25, 0.3) is 0 Å². The van der Waals surface area contributed by atoms with E-state index in [2.05, 4.69) is 17.1 Å². The maximum absolute atomic E-state index is 11.9. The number of hydrogen-bond acceptors (Lipinski definition) is 3. The second-order valence-corrected chi connectivity index (χ2v) is 5.36. The summed E-state index contributed by atoms with van der Waals surface area (Å²) < 4.78 is 5.41. The fraction of sp³-hybridized carbons (Fsp3) is 0.643. The number of nitrogens with one attached hydrogen (secondary N) is 1. The molecule has 2 aliphatic heterocycles. The quantitative estimate of drug-likeness (QED) is 0.890. The molecule has 0 bridgehead atoms. The second kappa shape index (κ2) is 4.76. The molecule has 1 aromatic rings. The van der Waals surface area contributed by atoms with Gasteiger partial charge in [-0.15, -0.1) is 0 Å². The Labute approximate surface area is 107 Å². The third-order valence-corrected chi connectivity index (χ3v) is 4.16. The zero-order valence-electron chi connectivity index (χ0n) is 10.8. The number of amides is 1. The lowest BCUT2D eigenvalue weighted by Gasteiger charge is -2.33. The fourth-order valence-electron chi connectivity index (χ4n) is 3.24. The third kappa shape index (κ3) is 2.05. The molecule has 4 nitrogen and oxygen atoms in total. The van der Waals surface area contributed by atoms with Crippen LogP contribution in [0.2, 0.25) is 0 Å². The van der Waals surface area contributed by atoms with Crippen LogP contribution in [0.25, 0.3) is 0 Å². The average Bonchev–Trinajstić information content (AvgIpc) is 3.00. The second-order valence-electron chi connectivity index (χ2n) is 5.36. The lowest BCUT2D eigenvalue weighted by molar-refractivity contribution is -0.129. The number of fused-ring (bicyclic) bond motifs is 1. The molecule has 3 atom stereocenters. The lowest BCUT2D eigenvalue weighted by atomic mass is 9.98. The minimum Gasteiger partial charge on any atom is -0.468 e. The van der Waals surface area contributed by atoms with E-state index in [1.807, 2.05) is 12.1 Å². The molecule has 18 heavy (non-hydrogen) atoms. The molecule has 2 saturated heterocycles. The van der Waals surface area contributed by atoms with E-state index in [0.717, 1.165) is 25.1 Å². The fourth-order valence-corrected chi connectivity index (χ4v) is 3.24. The zero-order valence-corrected chi connectivity index (χ0v) is 10.8. The Morgan fingerprint density at radius 3 is 3.17 bits per heavy atom. The SMILES string of the molecule is C[C@H](NC1CC(=O)N2CCCCC12)c1ccco1. The summed E-state index contributed by atoms with van der Waals surface area (Å²) in [7, 11) is 0. The van der Waals surface area contributed by atoms with Gasteiger partial charge in [-0.05, 0) is 38.3 Å². The minimum absolute atomic E-state index is 0.166. The summed E-state index contributed by atoms with van der Waals surface area (Å²) in [6.45, 7) is 3.03. The van der Waals surface area contributed by atoms with E-state index < -0.39 is 0 Å². The van der Waals surface area contributed by atoms with Crippen LogP contribution in [0.3, 0.4) is 0 Å². The molecule has 1 N–H and O–H groups in total. The first-order valence-corrected chi connectivity index (χ1v) is 6.84. The van der Waals surface area contributed by atoms with E-state index in [1.165, 1.54) is 6.42 Å². The van der Waals surface area contributed by atoms with Crippen molar-refractivity contribution in [1.82, 2.24) is 10.2 Å². The summed E-state index contributed by atoms with van der Waals surface area (Å²) in [6, 6.07) is 4.72. The van der Waals surface area contributed by atoms with Gasteiger partial charge in [-0.3, -0.25) is 4.79 Å². The summed E-state index contributed by atoms with van der Waals surface area (Å²) >= 11 is 0. The maximum Gasteiger partial charge on any atom is 0.224 e. The van der Waals surface area contributed by atoms with Gasteiger partial charge in [-0.1, -0.05) is 0 Å². The molecular weight excluding hydrogens is 228 g/mol. The van der Waals surface area contributed by atoms with Crippen molar-refractivity contribution in [2.24, 2.45) is 0 Å². The van der Waals surface area contributed by atoms with Gasteiger partial charge in [0.15, 0.2) is 0 Å². The largest absolute Gasteiger partial charge is 0.468 e. The summed E-state index contributed by atoms with van der Waals surface area (Å²) in [5.41, 5.74) is 0. The Morgan fingerprint density at radius 2 is 2.39 bits per heavy atom. The van der Waals surface area contributed by atoms with Gasteiger partial charge in [0, 0.05) is 25.0 Å². The Bertz CT molecular complexity index is 415. The van der Waals surface area contributed by atoms with Crippen LogP contribution in [0.4, 0.5) is 0 Å². The van der Waals surface area contributed by atoms with Gasteiger partial charge in [-0.2, -0.15) is 0 Å². The van der Waals surface area contributed by atoms with Crippen molar-refractivity contribution in [1.29, 1.82) is 0 Å². The topological polar surface area (TPSA) is 45.5 Å². The summed E-state index contributed by atoms with van der Waals surface area (Å²) in [5, 5.41) is 3.55. The number of nitrogens with zero attached hydrogens (tertiary/aromatic N) is 1. The van der Waals surface area contributed by atoms with E-state index in [9.17, 15) is 4.79 Å². The average molecular weight is 248 g/mol. The number of furan rings is 1. The van der Waals surface area contributed by atoms with Gasteiger partial charge < -0.3 is 14.6 Å². The Hall–Kier alpha value is -1.29. The minimum atomic E-state index is 0.166. The zero-order chi connectivity index (χ0) is 12.5. The standard InChI is InChI=1S/C14H20N2O2/c1-10(13-6-4-8-18-13)15-11-9-14(17)16-7-3-2-5-12(11)16/h4,6,8,10-12,15H,2-3,5,7,9H2,1H3/t10-,11?,12?/m0/s1. The maximum atomic E-state index is 11.9. The predicted molar refractivity (Wildman–Crippen MR) is 68.0 cm³/mol. The summed E-state index contributed by atoms with van der Waals surface area (Å²) in [5.74, 6) is 1.25. The first kappa shape index (κ1) is 11.8. The van der Waals surface area contributed by atoms with E-state index in [0.29, 0.717) is 18.4 Å². The van der Waals surface area contributed by atoms with Crippen LogP contribution in [0.5, 0.6) is 0 Å². The summed E-state index contributed by atoms with van der Waals surface area (Å²) in [6.07, 6.45) is 5.86. The molecule has 3 heterocycles. The van der Waals surface area contributed by atoms with E-state index >= 15 is 0 Å². The van der Waals surface area contributed by atoms with Crippen LogP contribution in [-0.2, 0) is 4.79 Å². The van der Waals surface area contributed by atoms with Crippen molar-refractivity contribution in [2.75, 3.05) is 6.54 Å². The number of carbonyl (C=O) groups excluding carboxylic acids is 1. The molecule has 0 spiro atoms. The van der Waals surface area contributed by atoms with Gasteiger partial charge in [0.1, 0.15) is 5.76 Å². The van der Waals surface area contributed by atoms with Crippen LogP contribution in [0.15, 0.2) is 22.8 Å². The van der Waals surface area contributed by atoms with Crippen molar-refractivity contribution < 1.29 is 9.21 Å². The molecule has 0 aliphatic carbocycles. The van der Waals surface area contributed by atoms with Crippen molar-refractivity contribution in [3.63, 3.8) is 0 Å². The molecule has 0 radical (unpaired) electrons. The first-order valence-electron chi connectivity index (χ1n) is 6.84. The monoisotopic (exact) mass is 248 g/mol. The molecular formula is C14H20N2O2. The number of hydrogen-bond donors (Lipinski definition) is 1. The molecule has 0 aromatic carbocycles. The lowest BCUT2D eigenvalue weighted by Crippen LogP contribution is -2.46. The van der Waals surface area contributed by atoms with Crippen molar-refractivity contribution in [2.45, 2.75) is 50.7 Å². The van der Waals surface area contributed by atoms with Gasteiger partial charge >= 0.3 is 0 Å². The molecule has 2 aliphatic rings. The third-order valence-electron chi connectivity index (χ3n) is 4.16. The van der Waals surface area contributed by atoms with Gasteiger partial charge in [0.2, 0.25) is 5.91 Å². The molecule has 2 unspecified atom stereocenters. The van der Waals surface area contributed by atoms with Crippen molar-refractivity contribution in [3.05, 3.63) is 24.2 Å². The molecule has 1 aromatic heterocycles. The molecule has 2 fully saturated rings. The highest BCUT2D eigenvalue weighted by molar-refractivity contribution is 5.80. The Balaban J connectivity index is 1.67. The van der Waals surface area contributed by atoms with E-state index in [1.54, 1.807) is 6.26 Å². The van der Waals surface area contributed by atoms with Gasteiger partial charge in [-0.25, -0.2) is 0 Å².